The lowest BCUT2D eigenvalue weighted by Crippen LogP contribution is -2.29. The summed E-state index contributed by atoms with van der Waals surface area (Å²) in [4.78, 5) is 23.6. The lowest BCUT2D eigenvalue weighted by molar-refractivity contribution is -0.137. The number of carbonyl (C=O) groups excluding carboxylic acids is 2. The summed E-state index contributed by atoms with van der Waals surface area (Å²) in [5.41, 5.74) is -0.0760. The van der Waals surface area contributed by atoms with Gasteiger partial charge >= 0.3 is 12.2 Å². The second-order valence-corrected chi connectivity index (χ2v) is 5.82. The molecule has 0 atom stereocenters. The van der Waals surface area contributed by atoms with Gasteiger partial charge in [0.1, 0.15) is 5.75 Å². The van der Waals surface area contributed by atoms with Gasteiger partial charge in [-0.15, -0.1) is 0 Å². The second-order valence-electron chi connectivity index (χ2n) is 5.82. The fourth-order valence-electron chi connectivity index (χ4n) is 2.17. The van der Waals surface area contributed by atoms with Crippen LogP contribution in [0.15, 0.2) is 48.5 Å². The molecule has 0 aliphatic rings. The molecule has 6 nitrogen and oxygen atoms in total. The first-order valence-electron chi connectivity index (χ1n) is 8.52. The molecule has 0 bridgehead atoms. The van der Waals surface area contributed by atoms with Crippen LogP contribution < -0.4 is 20.7 Å². The highest BCUT2D eigenvalue weighted by molar-refractivity contribution is 5.92. The number of hydrogen-bond donors (Lipinski definition) is 3. The number of benzene rings is 2. The zero-order chi connectivity index (χ0) is 20.6. The van der Waals surface area contributed by atoms with Crippen molar-refractivity contribution in [1.29, 1.82) is 0 Å². The van der Waals surface area contributed by atoms with Crippen LogP contribution in [-0.4, -0.2) is 25.1 Å². The van der Waals surface area contributed by atoms with Gasteiger partial charge in [0, 0.05) is 24.0 Å². The molecule has 3 N–H and O–H groups in total. The van der Waals surface area contributed by atoms with Crippen molar-refractivity contribution in [3.8, 4) is 5.75 Å². The zero-order valence-electron chi connectivity index (χ0n) is 15.1. The molecule has 0 heterocycles. The SMILES string of the molecule is CCCNC(=O)Nc1cccc(OCC(=O)Nc2ccc(C(F)(F)F)cc2)c1. The van der Waals surface area contributed by atoms with E-state index in [2.05, 4.69) is 16.0 Å². The van der Waals surface area contributed by atoms with Gasteiger partial charge in [-0.2, -0.15) is 13.2 Å². The third-order valence-electron chi connectivity index (χ3n) is 3.49. The maximum atomic E-state index is 12.5. The molecule has 0 saturated carbocycles. The third-order valence-corrected chi connectivity index (χ3v) is 3.49. The van der Waals surface area contributed by atoms with E-state index in [4.69, 9.17) is 4.74 Å². The fourth-order valence-corrected chi connectivity index (χ4v) is 2.17. The minimum absolute atomic E-state index is 0.226. The first-order valence-corrected chi connectivity index (χ1v) is 8.52. The lowest BCUT2D eigenvalue weighted by atomic mass is 10.2. The summed E-state index contributed by atoms with van der Waals surface area (Å²) in [6.07, 6.45) is -3.62. The Kier molecular flexibility index (Phi) is 7.25. The van der Waals surface area contributed by atoms with Gasteiger partial charge in [-0.05, 0) is 42.8 Å². The van der Waals surface area contributed by atoms with Crippen molar-refractivity contribution in [1.82, 2.24) is 5.32 Å². The van der Waals surface area contributed by atoms with Gasteiger partial charge in [-0.25, -0.2) is 4.79 Å². The van der Waals surface area contributed by atoms with E-state index in [9.17, 15) is 22.8 Å². The highest BCUT2D eigenvalue weighted by Crippen LogP contribution is 2.29. The Morgan fingerprint density at radius 2 is 1.71 bits per heavy atom. The van der Waals surface area contributed by atoms with Crippen molar-refractivity contribution in [3.05, 3.63) is 54.1 Å². The number of anilines is 2. The predicted octanol–water partition coefficient (Wildman–Crippen LogP) is 4.25. The van der Waals surface area contributed by atoms with Gasteiger partial charge in [0.25, 0.3) is 5.91 Å². The fraction of sp³-hybridized carbons (Fsp3) is 0.263. The molecule has 3 amide bonds. The van der Waals surface area contributed by atoms with Crippen molar-refractivity contribution in [2.24, 2.45) is 0 Å². The van der Waals surface area contributed by atoms with Gasteiger partial charge < -0.3 is 20.7 Å². The van der Waals surface area contributed by atoms with Crippen LogP contribution in [-0.2, 0) is 11.0 Å². The largest absolute Gasteiger partial charge is 0.484 e. The molecule has 0 radical (unpaired) electrons. The molecule has 28 heavy (non-hydrogen) atoms. The van der Waals surface area contributed by atoms with E-state index < -0.39 is 17.6 Å². The molecule has 0 aliphatic carbocycles. The summed E-state index contributed by atoms with van der Waals surface area (Å²) in [5.74, 6) is -0.172. The van der Waals surface area contributed by atoms with Crippen LogP contribution in [0.5, 0.6) is 5.75 Å². The molecule has 9 heteroatoms. The number of ether oxygens (including phenoxy) is 1. The number of halogens is 3. The number of amides is 3. The summed E-state index contributed by atoms with van der Waals surface area (Å²) in [7, 11) is 0. The predicted molar refractivity (Wildman–Crippen MR) is 99.3 cm³/mol. The van der Waals surface area contributed by atoms with Crippen LogP contribution in [0.25, 0.3) is 0 Å². The summed E-state index contributed by atoms with van der Waals surface area (Å²) >= 11 is 0. The third kappa shape index (κ3) is 6.82. The van der Waals surface area contributed by atoms with Crippen molar-refractivity contribution in [3.63, 3.8) is 0 Å². The van der Waals surface area contributed by atoms with E-state index in [1.165, 1.54) is 12.1 Å². The first kappa shape index (κ1) is 21.1. The molecular weight excluding hydrogens is 375 g/mol. The monoisotopic (exact) mass is 395 g/mol. The molecule has 0 saturated heterocycles. The molecule has 0 aromatic heterocycles. The first-order chi connectivity index (χ1) is 13.3. The lowest BCUT2D eigenvalue weighted by Gasteiger charge is -2.11. The van der Waals surface area contributed by atoms with Crippen LogP contribution in [0.1, 0.15) is 18.9 Å². The van der Waals surface area contributed by atoms with Crippen molar-refractivity contribution in [2.75, 3.05) is 23.8 Å². The second kappa shape index (κ2) is 9.63. The summed E-state index contributed by atoms with van der Waals surface area (Å²) in [6.45, 7) is 2.14. The zero-order valence-corrected chi connectivity index (χ0v) is 15.1. The number of alkyl halides is 3. The Bertz CT molecular complexity index is 808. The molecule has 0 aliphatic heterocycles. The molecule has 150 valence electrons. The van der Waals surface area contributed by atoms with Gasteiger partial charge in [0.15, 0.2) is 6.61 Å². The van der Waals surface area contributed by atoms with Crippen LogP contribution in [0, 0.1) is 0 Å². The Balaban J connectivity index is 1.85. The van der Waals surface area contributed by atoms with E-state index in [0.29, 0.717) is 18.0 Å². The molecule has 0 spiro atoms. The Hall–Kier alpha value is -3.23. The number of carbonyl (C=O) groups is 2. The molecule has 2 rings (SSSR count). The summed E-state index contributed by atoms with van der Waals surface area (Å²) in [6, 6.07) is 10.2. The maximum Gasteiger partial charge on any atom is 0.416 e. The van der Waals surface area contributed by atoms with E-state index in [1.54, 1.807) is 24.3 Å². The Labute approximate surface area is 160 Å². The van der Waals surface area contributed by atoms with Crippen molar-refractivity contribution in [2.45, 2.75) is 19.5 Å². The van der Waals surface area contributed by atoms with Crippen molar-refractivity contribution >= 4 is 23.3 Å². The standard InChI is InChI=1S/C19H20F3N3O3/c1-2-10-23-18(27)25-15-4-3-5-16(11-15)28-12-17(26)24-14-8-6-13(7-9-14)19(20,21)22/h3-9,11H,2,10,12H2,1H3,(H,24,26)(H2,23,25,27). The quantitative estimate of drug-likeness (QED) is 0.656. The van der Waals surface area contributed by atoms with Crippen molar-refractivity contribution < 1.29 is 27.5 Å². The summed E-state index contributed by atoms with van der Waals surface area (Å²) in [5, 5.41) is 7.75. The number of rotatable bonds is 7. The van der Waals surface area contributed by atoms with Crippen LogP contribution in [0.2, 0.25) is 0 Å². The maximum absolute atomic E-state index is 12.5. The Morgan fingerprint density at radius 3 is 2.36 bits per heavy atom. The van der Waals surface area contributed by atoms with Gasteiger partial charge in [-0.1, -0.05) is 13.0 Å². The van der Waals surface area contributed by atoms with Gasteiger partial charge in [-0.3, -0.25) is 4.79 Å². The van der Waals surface area contributed by atoms with Gasteiger partial charge in [0.2, 0.25) is 0 Å². The molecule has 0 fully saturated rings. The molecule has 2 aromatic carbocycles. The van der Waals surface area contributed by atoms with E-state index >= 15 is 0 Å². The number of nitrogens with one attached hydrogen (secondary N) is 3. The highest BCUT2D eigenvalue weighted by atomic mass is 19.4. The molecular formula is C19H20F3N3O3. The van der Waals surface area contributed by atoms with E-state index in [0.717, 1.165) is 18.6 Å². The van der Waals surface area contributed by atoms with Crippen LogP contribution >= 0.6 is 0 Å². The van der Waals surface area contributed by atoms with Crippen LogP contribution in [0.3, 0.4) is 0 Å². The number of urea groups is 1. The Morgan fingerprint density at radius 1 is 1.00 bits per heavy atom. The minimum atomic E-state index is -4.43. The average molecular weight is 395 g/mol. The highest BCUT2D eigenvalue weighted by Gasteiger charge is 2.29. The van der Waals surface area contributed by atoms with E-state index in [1.807, 2.05) is 6.92 Å². The van der Waals surface area contributed by atoms with Crippen LogP contribution in [0.4, 0.5) is 29.3 Å². The number of hydrogen-bond acceptors (Lipinski definition) is 3. The normalized spacial score (nSPS) is 10.9. The molecule has 2 aromatic rings. The molecule has 0 unspecified atom stereocenters. The van der Waals surface area contributed by atoms with Gasteiger partial charge in [0.05, 0.1) is 5.56 Å². The smallest absolute Gasteiger partial charge is 0.416 e. The summed E-state index contributed by atoms with van der Waals surface area (Å²) < 4.78 is 42.9. The topological polar surface area (TPSA) is 79.5 Å². The van der Waals surface area contributed by atoms with E-state index in [-0.39, 0.29) is 18.3 Å². The average Bonchev–Trinajstić information content (AvgIpc) is 2.65. The minimum Gasteiger partial charge on any atom is -0.484 e.